The predicted octanol–water partition coefficient (Wildman–Crippen LogP) is 5.02. The summed E-state index contributed by atoms with van der Waals surface area (Å²) in [5, 5.41) is 4.99. The normalized spacial score (nSPS) is 13.7. The Balaban J connectivity index is 2.33. The number of carbonyl (C=O) groups is 1. The van der Waals surface area contributed by atoms with Crippen molar-refractivity contribution < 1.29 is 14.3 Å². The first-order valence-electron chi connectivity index (χ1n) is 8.92. The summed E-state index contributed by atoms with van der Waals surface area (Å²) in [6.45, 7) is 8.77. The number of methoxy groups -OCH3 is 1. The van der Waals surface area contributed by atoms with Gasteiger partial charge in [-0.2, -0.15) is 0 Å². The van der Waals surface area contributed by atoms with Gasteiger partial charge in [-0.15, -0.1) is 0 Å². The Morgan fingerprint density at radius 2 is 1.84 bits per heavy atom. The summed E-state index contributed by atoms with van der Waals surface area (Å²) in [4.78, 5) is 12.7. The number of rotatable bonds is 8. The highest BCUT2D eigenvalue weighted by molar-refractivity contribution is 6.06. The van der Waals surface area contributed by atoms with Crippen molar-refractivity contribution in [1.82, 2.24) is 0 Å². The Morgan fingerprint density at radius 3 is 2.44 bits per heavy atom. The maximum Gasteiger partial charge on any atom is 0.256 e. The van der Waals surface area contributed by atoms with Gasteiger partial charge in [-0.25, -0.2) is 0 Å². The standard InChI is InChI=1S/C21H29NO3/c1-6-13-21(4,24-5)20(23)22-18-11-12-19(25-14-15(2)3)17-10-8-7-9-16(17)18/h7-12,15H,6,13-14H2,1-5H3,(H,22,23)/t21-/m1/s1. The number of hydrogen-bond acceptors (Lipinski definition) is 3. The lowest BCUT2D eigenvalue weighted by Gasteiger charge is -2.26. The minimum atomic E-state index is -0.831. The molecule has 0 aliphatic heterocycles. The number of fused-ring (bicyclic) bond motifs is 1. The summed E-state index contributed by atoms with van der Waals surface area (Å²) < 4.78 is 11.4. The van der Waals surface area contributed by atoms with Crippen LogP contribution in [0.15, 0.2) is 36.4 Å². The smallest absolute Gasteiger partial charge is 0.256 e. The Bertz CT molecular complexity index is 726. The van der Waals surface area contributed by atoms with Gasteiger partial charge in [0, 0.05) is 23.6 Å². The van der Waals surface area contributed by atoms with Crippen molar-refractivity contribution in [3.8, 4) is 5.75 Å². The molecule has 25 heavy (non-hydrogen) atoms. The molecule has 4 heteroatoms. The van der Waals surface area contributed by atoms with E-state index in [9.17, 15) is 4.79 Å². The van der Waals surface area contributed by atoms with Crippen LogP contribution in [0.1, 0.15) is 40.5 Å². The molecule has 0 saturated heterocycles. The van der Waals surface area contributed by atoms with E-state index in [2.05, 4.69) is 19.2 Å². The van der Waals surface area contributed by atoms with Crippen LogP contribution in [0.3, 0.4) is 0 Å². The summed E-state index contributed by atoms with van der Waals surface area (Å²) in [7, 11) is 1.58. The molecule has 2 aromatic rings. The fourth-order valence-electron chi connectivity index (χ4n) is 2.80. The highest BCUT2D eigenvalue weighted by atomic mass is 16.5. The number of amides is 1. The molecule has 0 aliphatic rings. The number of carbonyl (C=O) groups excluding carboxylic acids is 1. The fourth-order valence-corrected chi connectivity index (χ4v) is 2.80. The first-order valence-corrected chi connectivity index (χ1v) is 8.92. The van der Waals surface area contributed by atoms with E-state index >= 15 is 0 Å². The largest absolute Gasteiger partial charge is 0.493 e. The van der Waals surface area contributed by atoms with Crippen molar-refractivity contribution in [2.75, 3.05) is 19.0 Å². The van der Waals surface area contributed by atoms with Crippen LogP contribution >= 0.6 is 0 Å². The van der Waals surface area contributed by atoms with E-state index in [4.69, 9.17) is 9.47 Å². The third kappa shape index (κ3) is 4.51. The van der Waals surface area contributed by atoms with Gasteiger partial charge in [0.25, 0.3) is 5.91 Å². The van der Waals surface area contributed by atoms with Crippen molar-refractivity contribution in [1.29, 1.82) is 0 Å². The number of benzene rings is 2. The Hall–Kier alpha value is -2.07. The van der Waals surface area contributed by atoms with Crippen molar-refractivity contribution >= 4 is 22.4 Å². The molecule has 2 rings (SSSR count). The van der Waals surface area contributed by atoms with Gasteiger partial charge in [0.15, 0.2) is 0 Å². The van der Waals surface area contributed by atoms with Crippen molar-refractivity contribution in [2.45, 2.75) is 46.1 Å². The van der Waals surface area contributed by atoms with Crippen molar-refractivity contribution in [3.05, 3.63) is 36.4 Å². The lowest BCUT2D eigenvalue weighted by atomic mass is 9.98. The molecule has 0 saturated carbocycles. The molecular formula is C21H29NO3. The van der Waals surface area contributed by atoms with Gasteiger partial charge in [0.05, 0.1) is 6.61 Å². The third-order valence-electron chi connectivity index (χ3n) is 4.36. The van der Waals surface area contributed by atoms with Gasteiger partial charge in [-0.05, 0) is 31.4 Å². The second-order valence-electron chi connectivity index (χ2n) is 7.00. The van der Waals surface area contributed by atoms with Crippen LogP contribution < -0.4 is 10.1 Å². The molecule has 2 aromatic carbocycles. The number of anilines is 1. The highest BCUT2D eigenvalue weighted by Gasteiger charge is 2.32. The first-order chi connectivity index (χ1) is 11.9. The second kappa shape index (κ2) is 8.34. The van der Waals surface area contributed by atoms with E-state index in [0.717, 1.165) is 28.6 Å². The van der Waals surface area contributed by atoms with E-state index in [1.165, 1.54) is 0 Å². The zero-order chi connectivity index (χ0) is 18.4. The zero-order valence-corrected chi connectivity index (χ0v) is 15.9. The van der Waals surface area contributed by atoms with E-state index in [1.807, 2.05) is 50.2 Å². The Morgan fingerprint density at radius 1 is 1.16 bits per heavy atom. The minimum Gasteiger partial charge on any atom is -0.493 e. The molecule has 0 bridgehead atoms. The van der Waals surface area contributed by atoms with E-state index in [0.29, 0.717) is 18.9 Å². The molecule has 0 aromatic heterocycles. The summed E-state index contributed by atoms with van der Waals surface area (Å²) in [6, 6.07) is 11.8. The molecule has 136 valence electrons. The number of ether oxygens (including phenoxy) is 2. The predicted molar refractivity (Wildman–Crippen MR) is 103 cm³/mol. The molecule has 0 spiro atoms. The molecule has 0 unspecified atom stereocenters. The van der Waals surface area contributed by atoms with Crippen LogP contribution in [-0.4, -0.2) is 25.2 Å². The molecule has 0 radical (unpaired) electrons. The maximum absolute atomic E-state index is 12.7. The highest BCUT2D eigenvalue weighted by Crippen LogP contribution is 2.32. The summed E-state index contributed by atoms with van der Waals surface area (Å²) in [5.74, 6) is 1.16. The van der Waals surface area contributed by atoms with Crippen molar-refractivity contribution in [2.24, 2.45) is 5.92 Å². The molecule has 1 atom stereocenters. The van der Waals surface area contributed by atoms with Gasteiger partial charge in [0.2, 0.25) is 0 Å². The number of hydrogen-bond donors (Lipinski definition) is 1. The second-order valence-corrected chi connectivity index (χ2v) is 7.00. The lowest BCUT2D eigenvalue weighted by Crippen LogP contribution is -2.41. The molecule has 0 aliphatic carbocycles. The summed E-state index contributed by atoms with van der Waals surface area (Å²) >= 11 is 0. The number of nitrogens with one attached hydrogen (secondary N) is 1. The van der Waals surface area contributed by atoms with E-state index < -0.39 is 5.60 Å². The Kier molecular flexibility index (Phi) is 6.43. The lowest BCUT2D eigenvalue weighted by molar-refractivity contribution is -0.136. The van der Waals surface area contributed by atoms with Gasteiger partial charge in [-0.1, -0.05) is 51.5 Å². The Labute approximate surface area is 150 Å². The molecule has 0 fully saturated rings. The molecule has 1 N–H and O–H groups in total. The van der Waals surface area contributed by atoms with Gasteiger partial charge in [0.1, 0.15) is 11.4 Å². The van der Waals surface area contributed by atoms with Crippen LogP contribution in [0.25, 0.3) is 10.8 Å². The monoisotopic (exact) mass is 343 g/mol. The molecule has 0 heterocycles. The third-order valence-corrected chi connectivity index (χ3v) is 4.36. The minimum absolute atomic E-state index is 0.127. The summed E-state index contributed by atoms with van der Waals surface area (Å²) in [6.07, 6.45) is 1.54. The van der Waals surface area contributed by atoms with Crippen LogP contribution in [0.5, 0.6) is 5.75 Å². The SMILES string of the molecule is CCC[C@@](C)(OC)C(=O)Nc1ccc(OCC(C)C)c2ccccc12. The van der Waals surface area contributed by atoms with Gasteiger partial charge < -0.3 is 14.8 Å². The van der Waals surface area contributed by atoms with Crippen LogP contribution in [0, 0.1) is 5.92 Å². The van der Waals surface area contributed by atoms with E-state index in [1.54, 1.807) is 7.11 Å². The molecule has 4 nitrogen and oxygen atoms in total. The average Bonchev–Trinajstić information content (AvgIpc) is 2.60. The first kappa shape index (κ1) is 19.3. The van der Waals surface area contributed by atoms with Gasteiger partial charge in [-0.3, -0.25) is 4.79 Å². The zero-order valence-electron chi connectivity index (χ0n) is 15.9. The topological polar surface area (TPSA) is 47.6 Å². The van der Waals surface area contributed by atoms with Crippen LogP contribution in [0.4, 0.5) is 5.69 Å². The quantitative estimate of drug-likeness (QED) is 0.732. The van der Waals surface area contributed by atoms with Crippen molar-refractivity contribution in [3.63, 3.8) is 0 Å². The van der Waals surface area contributed by atoms with Crippen LogP contribution in [-0.2, 0) is 9.53 Å². The fraction of sp³-hybridized carbons (Fsp3) is 0.476. The van der Waals surface area contributed by atoms with Crippen LogP contribution in [0.2, 0.25) is 0 Å². The van der Waals surface area contributed by atoms with E-state index in [-0.39, 0.29) is 5.91 Å². The molecule has 1 amide bonds. The molecular weight excluding hydrogens is 314 g/mol. The maximum atomic E-state index is 12.7. The van der Waals surface area contributed by atoms with Gasteiger partial charge >= 0.3 is 0 Å². The average molecular weight is 343 g/mol. The summed E-state index contributed by atoms with van der Waals surface area (Å²) in [5.41, 5.74) is -0.0558.